The Hall–Kier alpha value is -1.78. The number of hydrogen-bond donors (Lipinski definition) is 0. The van der Waals surface area contributed by atoms with Crippen LogP contribution in [0.5, 0.6) is 0 Å². The van der Waals surface area contributed by atoms with Crippen LogP contribution in [0.15, 0.2) is 12.4 Å². The SMILES string of the molecule is CCC(C(=O)OC)C(=O)c1ncc(C)cn1. The third kappa shape index (κ3) is 2.62. The van der Waals surface area contributed by atoms with Gasteiger partial charge >= 0.3 is 5.97 Å². The summed E-state index contributed by atoms with van der Waals surface area (Å²) in [6.45, 7) is 3.57. The average molecular weight is 222 g/mol. The van der Waals surface area contributed by atoms with Crippen LogP contribution in [0.25, 0.3) is 0 Å². The van der Waals surface area contributed by atoms with Gasteiger partial charge in [0.15, 0.2) is 5.82 Å². The maximum absolute atomic E-state index is 11.9. The van der Waals surface area contributed by atoms with E-state index in [2.05, 4.69) is 14.7 Å². The van der Waals surface area contributed by atoms with Crippen molar-refractivity contribution in [3.63, 3.8) is 0 Å². The van der Waals surface area contributed by atoms with Gasteiger partial charge in [-0.3, -0.25) is 9.59 Å². The summed E-state index contributed by atoms with van der Waals surface area (Å²) in [7, 11) is 1.26. The molecule has 16 heavy (non-hydrogen) atoms. The Morgan fingerprint density at radius 3 is 2.38 bits per heavy atom. The van der Waals surface area contributed by atoms with E-state index < -0.39 is 17.7 Å². The topological polar surface area (TPSA) is 69.2 Å². The van der Waals surface area contributed by atoms with E-state index in [4.69, 9.17) is 0 Å². The van der Waals surface area contributed by atoms with Crippen LogP contribution in [-0.2, 0) is 9.53 Å². The Morgan fingerprint density at radius 2 is 1.94 bits per heavy atom. The van der Waals surface area contributed by atoms with E-state index in [0.29, 0.717) is 6.42 Å². The lowest BCUT2D eigenvalue weighted by atomic mass is 10.0. The van der Waals surface area contributed by atoms with Gasteiger partial charge in [0.2, 0.25) is 5.78 Å². The summed E-state index contributed by atoms with van der Waals surface area (Å²) in [6, 6.07) is 0. The number of nitrogens with zero attached hydrogens (tertiary/aromatic N) is 2. The number of Topliss-reactive ketones (excluding diaryl/α,β-unsaturated/α-hetero) is 1. The average Bonchev–Trinajstić information content (AvgIpc) is 2.30. The summed E-state index contributed by atoms with van der Waals surface area (Å²) in [5.41, 5.74) is 0.864. The third-order valence-corrected chi connectivity index (χ3v) is 2.21. The lowest BCUT2D eigenvalue weighted by Crippen LogP contribution is -2.26. The van der Waals surface area contributed by atoms with Gasteiger partial charge in [-0.25, -0.2) is 9.97 Å². The standard InChI is InChI=1S/C11H14N2O3/c1-4-8(11(15)16-3)9(14)10-12-5-7(2)6-13-10/h5-6,8H,4H2,1-3H3. The Kier molecular flexibility index (Phi) is 4.10. The lowest BCUT2D eigenvalue weighted by molar-refractivity contribution is -0.143. The Balaban J connectivity index is 2.91. The van der Waals surface area contributed by atoms with Crippen molar-refractivity contribution in [3.8, 4) is 0 Å². The van der Waals surface area contributed by atoms with Gasteiger partial charge in [0.05, 0.1) is 7.11 Å². The first-order valence-corrected chi connectivity index (χ1v) is 5.00. The number of aryl methyl sites for hydroxylation is 1. The van der Waals surface area contributed by atoms with E-state index in [-0.39, 0.29) is 5.82 Å². The minimum atomic E-state index is -0.812. The molecule has 1 aromatic heterocycles. The van der Waals surface area contributed by atoms with Crippen LogP contribution in [0, 0.1) is 12.8 Å². The van der Waals surface area contributed by atoms with Gasteiger partial charge in [-0.1, -0.05) is 6.92 Å². The molecule has 1 rings (SSSR count). The molecular weight excluding hydrogens is 208 g/mol. The third-order valence-electron chi connectivity index (χ3n) is 2.21. The molecule has 0 bridgehead atoms. The number of carbonyl (C=O) groups excluding carboxylic acids is 2. The molecule has 0 amide bonds. The lowest BCUT2D eigenvalue weighted by Gasteiger charge is -2.09. The number of rotatable bonds is 4. The van der Waals surface area contributed by atoms with Crippen molar-refractivity contribution in [3.05, 3.63) is 23.8 Å². The van der Waals surface area contributed by atoms with E-state index in [0.717, 1.165) is 5.56 Å². The second-order valence-electron chi connectivity index (χ2n) is 3.43. The molecule has 0 N–H and O–H groups in total. The summed E-state index contributed by atoms with van der Waals surface area (Å²) in [5.74, 6) is -1.69. The highest BCUT2D eigenvalue weighted by molar-refractivity contribution is 6.06. The quantitative estimate of drug-likeness (QED) is 0.434. The molecular formula is C11H14N2O3. The molecule has 0 aromatic carbocycles. The monoisotopic (exact) mass is 222 g/mol. The molecule has 0 spiro atoms. The van der Waals surface area contributed by atoms with Crippen LogP contribution in [0.1, 0.15) is 29.5 Å². The zero-order valence-corrected chi connectivity index (χ0v) is 9.56. The molecule has 0 radical (unpaired) electrons. The van der Waals surface area contributed by atoms with Crippen LogP contribution < -0.4 is 0 Å². The van der Waals surface area contributed by atoms with Crippen molar-refractivity contribution in [2.45, 2.75) is 20.3 Å². The molecule has 0 saturated carbocycles. The normalized spacial score (nSPS) is 11.9. The van der Waals surface area contributed by atoms with Gasteiger partial charge in [-0.05, 0) is 18.9 Å². The highest BCUT2D eigenvalue weighted by Crippen LogP contribution is 2.11. The summed E-state index contributed by atoms with van der Waals surface area (Å²) >= 11 is 0. The maximum Gasteiger partial charge on any atom is 0.316 e. The molecule has 0 aliphatic rings. The smallest absolute Gasteiger partial charge is 0.316 e. The van der Waals surface area contributed by atoms with Gasteiger partial charge in [0, 0.05) is 12.4 Å². The largest absolute Gasteiger partial charge is 0.468 e. The molecule has 0 aliphatic carbocycles. The first-order chi connectivity index (χ1) is 7.60. The molecule has 1 atom stereocenters. The minimum absolute atomic E-state index is 0.0582. The molecule has 5 nitrogen and oxygen atoms in total. The van der Waals surface area contributed by atoms with Crippen molar-refractivity contribution in [2.24, 2.45) is 5.92 Å². The van der Waals surface area contributed by atoms with Crippen LogP contribution in [-0.4, -0.2) is 28.8 Å². The van der Waals surface area contributed by atoms with Crippen molar-refractivity contribution < 1.29 is 14.3 Å². The Morgan fingerprint density at radius 1 is 1.38 bits per heavy atom. The van der Waals surface area contributed by atoms with Crippen molar-refractivity contribution in [2.75, 3.05) is 7.11 Å². The number of hydrogen-bond acceptors (Lipinski definition) is 5. The van der Waals surface area contributed by atoms with Crippen LogP contribution in [0.2, 0.25) is 0 Å². The van der Waals surface area contributed by atoms with Gasteiger partial charge in [0.25, 0.3) is 0 Å². The number of ketones is 1. The maximum atomic E-state index is 11.9. The summed E-state index contributed by atoms with van der Waals surface area (Å²) in [4.78, 5) is 31.0. The second kappa shape index (κ2) is 5.34. The second-order valence-corrected chi connectivity index (χ2v) is 3.43. The predicted molar refractivity (Wildman–Crippen MR) is 56.9 cm³/mol. The summed E-state index contributed by atoms with van der Waals surface area (Å²) in [5, 5.41) is 0. The fourth-order valence-corrected chi connectivity index (χ4v) is 1.28. The molecule has 1 aromatic rings. The fourth-order valence-electron chi connectivity index (χ4n) is 1.28. The number of esters is 1. The summed E-state index contributed by atoms with van der Waals surface area (Å²) < 4.78 is 4.55. The van der Waals surface area contributed by atoms with Crippen molar-refractivity contribution in [1.82, 2.24) is 9.97 Å². The van der Waals surface area contributed by atoms with Gasteiger partial charge in [-0.15, -0.1) is 0 Å². The fraction of sp³-hybridized carbons (Fsp3) is 0.455. The first-order valence-electron chi connectivity index (χ1n) is 5.00. The highest BCUT2D eigenvalue weighted by Gasteiger charge is 2.28. The minimum Gasteiger partial charge on any atom is -0.468 e. The van der Waals surface area contributed by atoms with Gasteiger partial charge in [0.1, 0.15) is 5.92 Å². The number of carbonyl (C=O) groups is 2. The van der Waals surface area contributed by atoms with E-state index in [9.17, 15) is 9.59 Å². The highest BCUT2D eigenvalue weighted by atomic mass is 16.5. The molecule has 0 saturated heterocycles. The first kappa shape index (κ1) is 12.3. The van der Waals surface area contributed by atoms with E-state index >= 15 is 0 Å². The van der Waals surface area contributed by atoms with Crippen LogP contribution in [0.4, 0.5) is 0 Å². The molecule has 0 fully saturated rings. The predicted octanol–water partition coefficient (Wildman–Crippen LogP) is 1.17. The number of ether oxygens (including phenoxy) is 1. The molecule has 5 heteroatoms. The molecule has 86 valence electrons. The van der Waals surface area contributed by atoms with E-state index in [1.54, 1.807) is 19.3 Å². The van der Waals surface area contributed by atoms with Gasteiger partial charge in [-0.2, -0.15) is 0 Å². The summed E-state index contributed by atoms with van der Waals surface area (Å²) in [6.07, 6.45) is 3.47. The van der Waals surface area contributed by atoms with Crippen LogP contribution in [0.3, 0.4) is 0 Å². The van der Waals surface area contributed by atoms with E-state index in [1.165, 1.54) is 7.11 Å². The van der Waals surface area contributed by atoms with Crippen molar-refractivity contribution >= 4 is 11.8 Å². The molecule has 1 heterocycles. The molecule has 1 unspecified atom stereocenters. The number of methoxy groups -OCH3 is 1. The van der Waals surface area contributed by atoms with Gasteiger partial charge < -0.3 is 4.74 Å². The van der Waals surface area contributed by atoms with Crippen LogP contribution >= 0.6 is 0 Å². The Bertz CT molecular complexity index is 387. The number of aromatic nitrogens is 2. The molecule has 0 aliphatic heterocycles. The zero-order valence-electron chi connectivity index (χ0n) is 9.56. The zero-order chi connectivity index (χ0) is 12.1. The van der Waals surface area contributed by atoms with Crippen molar-refractivity contribution in [1.29, 1.82) is 0 Å². The van der Waals surface area contributed by atoms with E-state index in [1.807, 2.05) is 6.92 Å². The Labute approximate surface area is 93.9 Å².